The Morgan fingerprint density at radius 3 is 2.54 bits per heavy atom. The zero-order valence-corrected chi connectivity index (χ0v) is 13.4. The highest BCUT2D eigenvalue weighted by atomic mass is 19.4. The number of hydrogen-bond donors (Lipinski definition) is 0. The minimum Gasteiger partial charge on any atom is -0.465 e. The summed E-state index contributed by atoms with van der Waals surface area (Å²) in [6.07, 6.45) is -4.52. The fraction of sp³-hybridized carbons (Fsp3) is 0.600. The maximum Gasteiger partial charge on any atom is 0.418 e. The summed E-state index contributed by atoms with van der Waals surface area (Å²) in [6, 6.07) is 0. The number of esters is 1. The molecule has 134 valence electrons. The van der Waals surface area contributed by atoms with Crippen molar-refractivity contribution in [2.24, 2.45) is 5.92 Å². The van der Waals surface area contributed by atoms with Gasteiger partial charge in [0.05, 0.1) is 12.7 Å². The normalized spacial score (nSPS) is 20.8. The number of carbonyl (C=O) groups is 1. The Kier molecular flexibility index (Phi) is 4.74. The van der Waals surface area contributed by atoms with Crippen LogP contribution in [-0.4, -0.2) is 37.1 Å². The van der Waals surface area contributed by atoms with Crippen LogP contribution in [0.4, 0.5) is 27.8 Å². The number of rotatable bonds is 2. The van der Waals surface area contributed by atoms with Crippen molar-refractivity contribution in [3.8, 4) is 0 Å². The van der Waals surface area contributed by atoms with Crippen LogP contribution in [0.25, 0.3) is 0 Å². The minimum atomic E-state index is -4.68. The van der Waals surface area contributed by atoms with E-state index in [1.165, 1.54) is 11.8 Å². The fourth-order valence-corrected chi connectivity index (χ4v) is 2.74. The van der Waals surface area contributed by atoms with Gasteiger partial charge in [-0.05, 0) is 12.5 Å². The van der Waals surface area contributed by atoms with E-state index in [1.54, 1.807) is 0 Å². The largest absolute Gasteiger partial charge is 0.465 e. The predicted octanol–water partition coefficient (Wildman–Crippen LogP) is 3.68. The average molecular weight is 352 g/mol. The molecule has 0 amide bonds. The standard InChI is InChI=1S/C15H17F5N2O2/c1-8-7-22(5-4-14(8,16)17)12-11(13(23)24-3)9(2)10(6-21-12)15(18,19)20/h6,8H,4-5,7H2,1-3H3/t8-/m1/s1. The number of methoxy groups -OCH3 is 1. The Morgan fingerprint density at radius 2 is 2.04 bits per heavy atom. The molecule has 1 atom stereocenters. The van der Waals surface area contributed by atoms with Crippen LogP contribution in [0, 0.1) is 12.8 Å². The molecule has 0 aliphatic carbocycles. The van der Waals surface area contributed by atoms with Crippen molar-refractivity contribution in [3.05, 3.63) is 22.9 Å². The highest BCUT2D eigenvalue weighted by molar-refractivity contribution is 5.96. The number of piperidine rings is 1. The van der Waals surface area contributed by atoms with E-state index in [0.717, 1.165) is 14.0 Å². The van der Waals surface area contributed by atoms with Gasteiger partial charge >= 0.3 is 12.1 Å². The molecule has 1 aliphatic rings. The van der Waals surface area contributed by atoms with Crippen molar-refractivity contribution in [3.63, 3.8) is 0 Å². The number of hydrogen-bond acceptors (Lipinski definition) is 4. The summed E-state index contributed by atoms with van der Waals surface area (Å²) in [7, 11) is 1.04. The van der Waals surface area contributed by atoms with Gasteiger partial charge in [0.25, 0.3) is 5.92 Å². The molecule has 0 unspecified atom stereocenters. The van der Waals surface area contributed by atoms with E-state index in [2.05, 4.69) is 9.72 Å². The van der Waals surface area contributed by atoms with E-state index < -0.39 is 36.0 Å². The molecule has 0 bridgehead atoms. The molecule has 9 heteroatoms. The molecule has 1 aliphatic heterocycles. The van der Waals surface area contributed by atoms with Crippen molar-refractivity contribution in [2.75, 3.05) is 25.1 Å². The highest BCUT2D eigenvalue weighted by Crippen LogP contribution is 2.39. The van der Waals surface area contributed by atoms with Gasteiger partial charge in [-0.25, -0.2) is 18.6 Å². The van der Waals surface area contributed by atoms with Gasteiger partial charge in [-0.3, -0.25) is 0 Å². The maximum atomic E-state index is 13.6. The molecule has 2 rings (SSSR count). The van der Waals surface area contributed by atoms with Crippen LogP contribution in [-0.2, 0) is 10.9 Å². The summed E-state index contributed by atoms with van der Waals surface area (Å²) in [5.74, 6) is -4.91. The molecular formula is C15H17F5N2O2. The first kappa shape index (κ1) is 18.4. The van der Waals surface area contributed by atoms with Gasteiger partial charge in [-0.15, -0.1) is 0 Å². The van der Waals surface area contributed by atoms with Gasteiger partial charge in [0.15, 0.2) is 0 Å². The Labute approximate surface area is 135 Å². The molecule has 0 radical (unpaired) electrons. The van der Waals surface area contributed by atoms with Crippen LogP contribution in [0.15, 0.2) is 6.20 Å². The van der Waals surface area contributed by atoms with Crippen molar-refractivity contribution in [1.29, 1.82) is 0 Å². The van der Waals surface area contributed by atoms with Crippen LogP contribution in [0.1, 0.15) is 34.8 Å². The lowest BCUT2D eigenvalue weighted by molar-refractivity contribution is -0.138. The lowest BCUT2D eigenvalue weighted by Crippen LogP contribution is -2.46. The molecule has 1 saturated heterocycles. The van der Waals surface area contributed by atoms with Crippen LogP contribution in [0.2, 0.25) is 0 Å². The van der Waals surface area contributed by atoms with E-state index >= 15 is 0 Å². The van der Waals surface area contributed by atoms with Gasteiger partial charge in [-0.2, -0.15) is 13.2 Å². The summed E-state index contributed by atoms with van der Waals surface area (Å²) in [5, 5.41) is 0. The Morgan fingerprint density at radius 1 is 1.42 bits per heavy atom. The summed E-state index contributed by atoms with van der Waals surface area (Å²) in [5.41, 5.74) is -1.73. The number of pyridine rings is 1. The third kappa shape index (κ3) is 3.29. The molecule has 1 aromatic rings. The van der Waals surface area contributed by atoms with E-state index in [-0.39, 0.29) is 30.0 Å². The zero-order valence-electron chi connectivity index (χ0n) is 13.4. The monoisotopic (exact) mass is 352 g/mol. The van der Waals surface area contributed by atoms with E-state index in [4.69, 9.17) is 0 Å². The third-order valence-electron chi connectivity index (χ3n) is 4.24. The second kappa shape index (κ2) is 6.18. The van der Waals surface area contributed by atoms with Gasteiger partial charge in [0.1, 0.15) is 11.4 Å². The molecule has 4 nitrogen and oxygen atoms in total. The van der Waals surface area contributed by atoms with Gasteiger partial charge in [0.2, 0.25) is 0 Å². The molecule has 0 N–H and O–H groups in total. The van der Waals surface area contributed by atoms with Crippen LogP contribution in [0.5, 0.6) is 0 Å². The van der Waals surface area contributed by atoms with Gasteiger partial charge in [-0.1, -0.05) is 6.92 Å². The molecule has 0 saturated carbocycles. The van der Waals surface area contributed by atoms with Crippen LogP contribution < -0.4 is 4.90 Å². The number of carbonyl (C=O) groups excluding carboxylic acids is 1. The fourth-order valence-electron chi connectivity index (χ4n) is 2.74. The Bertz CT molecular complexity index is 645. The van der Waals surface area contributed by atoms with Crippen molar-refractivity contribution in [2.45, 2.75) is 32.4 Å². The summed E-state index contributed by atoms with van der Waals surface area (Å²) < 4.78 is 70.9. The first-order valence-electron chi connectivity index (χ1n) is 7.27. The zero-order chi connectivity index (χ0) is 18.3. The molecule has 0 spiro atoms. The average Bonchev–Trinajstić information content (AvgIpc) is 2.47. The van der Waals surface area contributed by atoms with Crippen LogP contribution in [0.3, 0.4) is 0 Å². The van der Waals surface area contributed by atoms with E-state index in [1.807, 2.05) is 0 Å². The number of aromatic nitrogens is 1. The summed E-state index contributed by atoms with van der Waals surface area (Å²) in [6.45, 7) is 2.26. The first-order valence-corrected chi connectivity index (χ1v) is 7.27. The number of ether oxygens (including phenoxy) is 1. The number of halogens is 5. The van der Waals surface area contributed by atoms with Crippen molar-refractivity contribution >= 4 is 11.8 Å². The number of anilines is 1. The molecule has 2 heterocycles. The van der Waals surface area contributed by atoms with Crippen molar-refractivity contribution in [1.82, 2.24) is 4.98 Å². The number of nitrogens with zero attached hydrogens (tertiary/aromatic N) is 2. The third-order valence-corrected chi connectivity index (χ3v) is 4.24. The van der Waals surface area contributed by atoms with Crippen LogP contribution >= 0.6 is 0 Å². The second-order valence-electron chi connectivity index (χ2n) is 5.84. The smallest absolute Gasteiger partial charge is 0.418 e. The first-order chi connectivity index (χ1) is 11.0. The molecule has 24 heavy (non-hydrogen) atoms. The topological polar surface area (TPSA) is 42.4 Å². The highest BCUT2D eigenvalue weighted by Gasteiger charge is 2.43. The van der Waals surface area contributed by atoms with Gasteiger partial charge in [0, 0.05) is 31.6 Å². The minimum absolute atomic E-state index is 0.0605. The van der Waals surface area contributed by atoms with Crippen molar-refractivity contribution < 1.29 is 31.5 Å². The van der Waals surface area contributed by atoms with E-state index in [9.17, 15) is 26.7 Å². The predicted molar refractivity (Wildman–Crippen MR) is 76.3 cm³/mol. The molecule has 1 aromatic heterocycles. The summed E-state index contributed by atoms with van der Waals surface area (Å²) in [4.78, 5) is 17.1. The van der Waals surface area contributed by atoms with E-state index in [0.29, 0.717) is 6.20 Å². The Balaban J connectivity index is 2.51. The maximum absolute atomic E-state index is 13.6. The molecular weight excluding hydrogens is 335 g/mol. The second-order valence-corrected chi connectivity index (χ2v) is 5.84. The SMILES string of the molecule is COC(=O)c1c(N2CCC(F)(F)[C@H](C)C2)ncc(C(F)(F)F)c1C. The molecule has 0 aromatic carbocycles. The van der Waals surface area contributed by atoms with Gasteiger partial charge < -0.3 is 9.64 Å². The Hall–Kier alpha value is -1.93. The summed E-state index contributed by atoms with van der Waals surface area (Å²) >= 11 is 0. The molecule has 1 fully saturated rings. The lowest BCUT2D eigenvalue weighted by Gasteiger charge is -2.38. The number of alkyl halides is 5. The quantitative estimate of drug-likeness (QED) is 0.602. The lowest BCUT2D eigenvalue weighted by atomic mass is 9.94.